The van der Waals surface area contributed by atoms with Crippen molar-refractivity contribution in [1.82, 2.24) is 10.3 Å². The summed E-state index contributed by atoms with van der Waals surface area (Å²) in [7, 11) is 0. The number of carbonyl (C=O) groups is 2. The number of fused-ring (bicyclic) bond motifs is 1. The zero-order chi connectivity index (χ0) is 11.7. The van der Waals surface area contributed by atoms with Crippen LogP contribution >= 0.6 is 0 Å². The maximum absolute atomic E-state index is 11.5. The number of carboxylic acids is 1. The molecule has 0 bridgehead atoms. The number of aryl methyl sites for hydroxylation is 1. The minimum Gasteiger partial charge on any atom is -0.478 e. The molecule has 5 nitrogen and oxygen atoms in total. The van der Waals surface area contributed by atoms with Crippen LogP contribution in [0.1, 0.15) is 39.0 Å². The molecule has 0 aliphatic carbocycles. The molecule has 1 aromatic heterocycles. The van der Waals surface area contributed by atoms with E-state index in [1.165, 1.54) is 6.07 Å². The second-order valence-corrected chi connectivity index (χ2v) is 3.64. The van der Waals surface area contributed by atoms with E-state index in [1.54, 1.807) is 0 Å². The van der Waals surface area contributed by atoms with Gasteiger partial charge in [-0.3, -0.25) is 9.78 Å². The van der Waals surface area contributed by atoms with Gasteiger partial charge < -0.3 is 10.4 Å². The lowest BCUT2D eigenvalue weighted by Crippen LogP contribution is -2.33. The number of pyridine rings is 1. The lowest BCUT2D eigenvalue weighted by Gasteiger charge is -2.17. The number of aromatic nitrogens is 1. The molecule has 0 radical (unpaired) electrons. The molecule has 1 aliphatic rings. The van der Waals surface area contributed by atoms with Gasteiger partial charge in [-0.2, -0.15) is 0 Å². The molecule has 2 N–H and O–H groups in total. The lowest BCUT2D eigenvalue weighted by atomic mass is 10.0. The molecule has 0 spiro atoms. The first-order valence-electron chi connectivity index (χ1n) is 5.17. The number of hydrogen-bond donors (Lipinski definition) is 2. The first kappa shape index (κ1) is 10.6. The fourth-order valence-corrected chi connectivity index (χ4v) is 1.83. The average molecular weight is 220 g/mol. The van der Waals surface area contributed by atoms with Gasteiger partial charge in [-0.25, -0.2) is 4.79 Å². The third kappa shape index (κ3) is 1.64. The van der Waals surface area contributed by atoms with Gasteiger partial charge in [0.1, 0.15) is 0 Å². The van der Waals surface area contributed by atoms with Crippen LogP contribution in [0.25, 0.3) is 0 Å². The SMILES string of the molecule is CCc1nc2c(cc1C(=O)O)C(=O)NCC2. The predicted molar refractivity (Wildman–Crippen MR) is 56.6 cm³/mol. The molecule has 0 unspecified atom stereocenters. The average Bonchev–Trinajstić information content (AvgIpc) is 2.27. The molecule has 5 heteroatoms. The smallest absolute Gasteiger partial charge is 0.337 e. The predicted octanol–water partition coefficient (Wildman–Crippen LogP) is 0.628. The third-order valence-electron chi connectivity index (χ3n) is 2.64. The minimum absolute atomic E-state index is 0.123. The van der Waals surface area contributed by atoms with E-state index in [2.05, 4.69) is 10.3 Å². The van der Waals surface area contributed by atoms with E-state index >= 15 is 0 Å². The number of carboxylic acid groups (broad SMARTS) is 1. The van der Waals surface area contributed by atoms with Crippen molar-refractivity contribution < 1.29 is 14.7 Å². The first-order chi connectivity index (χ1) is 7.63. The number of rotatable bonds is 2. The Kier molecular flexibility index (Phi) is 2.60. The Morgan fingerprint density at radius 2 is 2.38 bits per heavy atom. The van der Waals surface area contributed by atoms with Gasteiger partial charge in [0.15, 0.2) is 0 Å². The molecular weight excluding hydrogens is 208 g/mol. The van der Waals surface area contributed by atoms with E-state index < -0.39 is 5.97 Å². The number of nitrogens with one attached hydrogen (secondary N) is 1. The molecule has 0 atom stereocenters. The van der Waals surface area contributed by atoms with Crippen molar-refractivity contribution in [3.05, 3.63) is 28.6 Å². The van der Waals surface area contributed by atoms with Crippen molar-refractivity contribution in [2.45, 2.75) is 19.8 Å². The highest BCUT2D eigenvalue weighted by molar-refractivity contribution is 5.99. The first-order valence-corrected chi connectivity index (χ1v) is 5.17. The molecule has 2 rings (SSSR count). The van der Waals surface area contributed by atoms with Gasteiger partial charge in [-0.15, -0.1) is 0 Å². The lowest BCUT2D eigenvalue weighted by molar-refractivity contribution is 0.0695. The highest BCUT2D eigenvalue weighted by Crippen LogP contribution is 2.17. The van der Waals surface area contributed by atoms with Crippen molar-refractivity contribution in [2.24, 2.45) is 0 Å². The summed E-state index contributed by atoms with van der Waals surface area (Å²) in [5.41, 5.74) is 1.76. The van der Waals surface area contributed by atoms with Gasteiger partial charge in [-0.05, 0) is 12.5 Å². The van der Waals surface area contributed by atoms with Crippen molar-refractivity contribution in [3.63, 3.8) is 0 Å². The molecule has 1 aromatic rings. The molecule has 0 saturated heterocycles. The molecule has 84 valence electrons. The summed E-state index contributed by atoms with van der Waals surface area (Å²) >= 11 is 0. The minimum atomic E-state index is -1.04. The van der Waals surface area contributed by atoms with Gasteiger partial charge in [0, 0.05) is 13.0 Å². The summed E-state index contributed by atoms with van der Waals surface area (Å²) in [6.45, 7) is 2.42. The van der Waals surface area contributed by atoms with E-state index in [9.17, 15) is 9.59 Å². The molecule has 1 aliphatic heterocycles. The van der Waals surface area contributed by atoms with Crippen LogP contribution in [-0.2, 0) is 12.8 Å². The summed E-state index contributed by atoms with van der Waals surface area (Å²) in [5.74, 6) is -1.27. The van der Waals surface area contributed by atoms with Crippen LogP contribution in [0.2, 0.25) is 0 Å². The van der Waals surface area contributed by atoms with Gasteiger partial charge in [0.05, 0.1) is 22.5 Å². The second kappa shape index (κ2) is 3.92. The van der Waals surface area contributed by atoms with Gasteiger partial charge >= 0.3 is 5.97 Å². The summed E-state index contributed by atoms with van der Waals surface area (Å²) in [6, 6.07) is 1.43. The molecule has 16 heavy (non-hydrogen) atoms. The number of carbonyl (C=O) groups excluding carboxylic acids is 1. The highest BCUT2D eigenvalue weighted by Gasteiger charge is 2.22. The fourth-order valence-electron chi connectivity index (χ4n) is 1.83. The standard InChI is InChI=1S/C11H12N2O3/c1-2-8-7(11(15)16)5-6-9(13-8)3-4-12-10(6)14/h5H,2-4H2,1H3,(H,12,14)(H,15,16). The van der Waals surface area contributed by atoms with Crippen LogP contribution in [0.3, 0.4) is 0 Å². The Morgan fingerprint density at radius 3 is 3.00 bits per heavy atom. The molecule has 0 saturated carbocycles. The summed E-state index contributed by atoms with van der Waals surface area (Å²) in [5, 5.41) is 11.7. The zero-order valence-corrected chi connectivity index (χ0v) is 8.91. The normalized spacial score (nSPS) is 14.2. The highest BCUT2D eigenvalue weighted by atomic mass is 16.4. The molecule has 0 fully saturated rings. The Hall–Kier alpha value is -1.91. The van der Waals surface area contributed by atoms with Crippen LogP contribution in [0, 0.1) is 0 Å². The van der Waals surface area contributed by atoms with E-state index in [-0.39, 0.29) is 11.5 Å². The Bertz CT molecular complexity index is 457. The zero-order valence-electron chi connectivity index (χ0n) is 8.91. The monoisotopic (exact) mass is 220 g/mol. The number of nitrogens with zero attached hydrogens (tertiary/aromatic N) is 1. The van der Waals surface area contributed by atoms with Crippen molar-refractivity contribution >= 4 is 11.9 Å². The third-order valence-corrected chi connectivity index (χ3v) is 2.64. The van der Waals surface area contributed by atoms with Crippen molar-refractivity contribution in [2.75, 3.05) is 6.54 Å². The van der Waals surface area contributed by atoms with Crippen molar-refractivity contribution in [1.29, 1.82) is 0 Å². The molecule has 0 aromatic carbocycles. The topological polar surface area (TPSA) is 79.3 Å². The molecular formula is C11H12N2O3. The van der Waals surface area contributed by atoms with Crippen LogP contribution in [-0.4, -0.2) is 28.5 Å². The largest absolute Gasteiger partial charge is 0.478 e. The van der Waals surface area contributed by atoms with Crippen LogP contribution in [0.15, 0.2) is 6.07 Å². The van der Waals surface area contributed by atoms with Crippen LogP contribution in [0.5, 0.6) is 0 Å². The van der Waals surface area contributed by atoms with Crippen molar-refractivity contribution in [3.8, 4) is 0 Å². The van der Waals surface area contributed by atoms with E-state index in [1.807, 2.05) is 6.92 Å². The van der Waals surface area contributed by atoms with E-state index in [0.29, 0.717) is 36.3 Å². The van der Waals surface area contributed by atoms with E-state index in [0.717, 1.165) is 0 Å². The van der Waals surface area contributed by atoms with Gasteiger partial charge in [0.25, 0.3) is 5.91 Å². The maximum Gasteiger partial charge on any atom is 0.337 e. The number of hydrogen-bond acceptors (Lipinski definition) is 3. The Balaban J connectivity index is 2.60. The van der Waals surface area contributed by atoms with E-state index in [4.69, 9.17) is 5.11 Å². The number of amides is 1. The Morgan fingerprint density at radius 1 is 1.62 bits per heavy atom. The summed E-state index contributed by atoms with van der Waals surface area (Å²) in [4.78, 5) is 26.8. The second-order valence-electron chi connectivity index (χ2n) is 3.64. The maximum atomic E-state index is 11.5. The van der Waals surface area contributed by atoms with Gasteiger partial charge in [-0.1, -0.05) is 6.92 Å². The summed E-state index contributed by atoms with van der Waals surface area (Å²) in [6.07, 6.45) is 1.21. The fraction of sp³-hybridized carbons (Fsp3) is 0.364. The van der Waals surface area contributed by atoms with Gasteiger partial charge in [0.2, 0.25) is 0 Å². The summed E-state index contributed by atoms with van der Waals surface area (Å²) < 4.78 is 0. The quantitative estimate of drug-likeness (QED) is 0.766. The van der Waals surface area contributed by atoms with Crippen LogP contribution in [0.4, 0.5) is 0 Å². The van der Waals surface area contributed by atoms with Crippen LogP contribution < -0.4 is 5.32 Å². The molecule has 2 heterocycles. The number of aromatic carboxylic acids is 1. The molecule has 1 amide bonds. The Labute approximate surface area is 92.5 Å².